The molecule has 84 valence electrons. The molecule has 2 unspecified atom stereocenters. The summed E-state index contributed by atoms with van der Waals surface area (Å²) < 4.78 is 1.97. The molecular weight excluding hydrogens is 190 g/mol. The fourth-order valence-corrected chi connectivity index (χ4v) is 2.23. The van der Waals surface area contributed by atoms with E-state index in [1.54, 1.807) is 12.7 Å². The van der Waals surface area contributed by atoms with E-state index in [4.69, 9.17) is 5.73 Å². The van der Waals surface area contributed by atoms with Crippen LogP contribution in [0.5, 0.6) is 0 Å². The lowest BCUT2D eigenvalue weighted by molar-refractivity contribution is 0.164. The van der Waals surface area contributed by atoms with Crippen molar-refractivity contribution in [2.24, 2.45) is 5.73 Å². The molecule has 2 rings (SSSR count). The van der Waals surface area contributed by atoms with Gasteiger partial charge in [-0.05, 0) is 26.3 Å². The van der Waals surface area contributed by atoms with Crippen LogP contribution in [0, 0.1) is 0 Å². The summed E-state index contributed by atoms with van der Waals surface area (Å²) in [6.45, 7) is 5.24. The van der Waals surface area contributed by atoms with Crippen LogP contribution in [-0.4, -0.2) is 45.3 Å². The van der Waals surface area contributed by atoms with Crippen molar-refractivity contribution in [1.82, 2.24) is 19.7 Å². The van der Waals surface area contributed by atoms with Gasteiger partial charge in [-0.2, -0.15) is 5.10 Å². The molecular formula is C10H19N5. The first-order valence-corrected chi connectivity index (χ1v) is 5.58. The molecule has 0 aliphatic carbocycles. The Bertz CT molecular complexity index is 282. The predicted octanol–water partition coefficient (Wildman–Crippen LogP) is 0.262. The lowest BCUT2D eigenvalue weighted by atomic mass is 10.1. The predicted molar refractivity (Wildman–Crippen MR) is 58.4 cm³/mol. The summed E-state index contributed by atoms with van der Waals surface area (Å²) in [6.07, 6.45) is 5.82. The molecule has 0 amide bonds. The Morgan fingerprint density at radius 1 is 1.60 bits per heavy atom. The van der Waals surface area contributed by atoms with Gasteiger partial charge >= 0.3 is 0 Å². The van der Waals surface area contributed by atoms with E-state index in [1.807, 2.05) is 4.68 Å². The van der Waals surface area contributed by atoms with Gasteiger partial charge in [-0.1, -0.05) is 0 Å². The summed E-state index contributed by atoms with van der Waals surface area (Å²) in [5, 5.41) is 4.20. The Balaban J connectivity index is 1.92. The van der Waals surface area contributed by atoms with E-state index in [9.17, 15) is 0 Å². The molecule has 5 heteroatoms. The molecule has 0 spiro atoms. The normalized spacial score (nSPS) is 25.3. The highest BCUT2D eigenvalue weighted by Gasteiger charge is 2.21. The molecule has 2 N–H and O–H groups in total. The fourth-order valence-electron chi connectivity index (χ4n) is 2.23. The molecule has 1 aromatic heterocycles. The smallest absolute Gasteiger partial charge is 0.137 e. The SMILES string of the molecule is CC(N)CN1CCCC(n2cncn2)C1. The third-order valence-electron chi connectivity index (χ3n) is 2.84. The van der Waals surface area contributed by atoms with Crippen LogP contribution >= 0.6 is 0 Å². The van der Waals surface area contributed by atoms with E-state index in [2.05, 4.69) is 21.9 Å². The van der Waals surface area contributed by atoms with E-state index < -0.39 is 0 Å². The first kappa shape index (κ1) is 10.6. The highest BCUT2D eigenvalue weighted by atomic mass is 15.3. The Morgan fingerprint density at radius 2 is 2.47 bits per heavy atom. The first-order valence-electron chi connectivity index (χ1n) is 5.58. The summed E-state index contributed by atoms with van der Waals surface area (Å²) in [6, 6.07) is 0.722. The van der Waals surface area contributed by atoms with Gasteiger partial charge in [0.15, 0.2) is 0 Å². The maximum atomic E-state index is 5.81. The number of likely N-dealkylation sites (tertiary alicyclic amines) is 1. The van der Waals surface area contributed by atoms with Crippen molar-refractivity contribution in [3.63, 3.8) is 0 Å². The van der Waals surface area contributed by atoms with Crippen LogP contribution in [0.2, 0.25) is 0 Å². The molecule has 1 aliphatic heterocycles. The number of rotatable bonds is 3. The van der Waals surface area contributed by atoms with Crippen molar-refractivity contribution >= 4 is 0 Å². The zero-order chi connectivity index (χ0) is 10.7. The van der Waals surface area contributed by atoms with E-state index in [1.165, 1.54) is 12.8 Å². The topological polar surface area (TPSA) is 60.0 Å². The molecule has 0 radical (unpaired) electrons. The average Bonchev–Trinajstić information content (AvgIpc) is 2.69. The number of hydrogen-bond acceptors (Lipinski definition) is 4. The first-order chi connectivity index (χ1) is 7.25. The number of nitrogens with two attached hydrogens (primary N) is 1. The third kappa shape index (κ3) is 2.76. The van der Waals surface area contributed by atoms with Gasteiger partial charge in [0, 0.05) is 19.1 Å². The van der Waals surface area contributed by atoms with Gasteiger partial charge in [0.1, 0.15) is 12.7 Å². The summed E-state index contributed by atoms with van der Waals surface area (Å²) in [7, 11) is 0. The fraction of sp³-hybridized carbons (Fsp3) is 0.800. The molecule has 0 saturated carbocycles. The van der Waals surface area contributed by atoms with E-state index in [-0.39, 0.29) is 6.04 Å². The highest BCUT2D eigenvalue weighted by molar-refractivity contribution is 4.79. The molecule has 2 atom stereocenters. The Morgan fingerprint density at radius 3 is 3.13 bits per heavy atom. The van der Waals surface area contributed by atoms with Gasteiger partial charge in [0.05, 0.1) is 6.04 Å². The van der Waals surface area contributed by atoms with Crippen LogP contribution in [0.1, 0.15) is 25.8 Å². The van der Waals surface area contributed by atoms with Gasteiger partial charge in [0.25, 0.3) is 0 Å². The molecule has 0 bridgehead atoms. The maximum Gasteiger partial charge on any atom is 0.137 e. The monoisotopic (exact) mass is 209 g/mol. The lowest BCUT2D eigenvalue weighted by Crippen LogP contribution is -2.42. The van der Waals surface area contributed by atoms with Crippen LogP contribution in [0.25, 0.3) is 0 Å². The summed E-state index contributed by atoms with van der Waals surface area (Å²) in [5.74, 6) is 0. The average molecular weight is 209 g/mol. The highest BCUT2D eigenvalue weighted by Crippen LogP contribution is 2.19. The van der Waals surface area contributed by atoms with E-state index in [0.29, 0.717) is 6.04 Å². The number of aromatic nitrogens is 3. The second-order valence-electron chi connectivity index (χ2n) is 4.41. The maximum absolute atomic E-state index is 5.81. The molecule has 1 saturated heterocycles. The van der Waals surface area contributed by atoms with Crippen LogP contribution in [0.3, 0.4) is 0 Å². The second-order valence-corrected chi connectivity index (χ2v) is 4.41. The molecule has 1 aromatic rings. The molecule has 2 heterocycles. The van der Waals surface area contributed by atoms with Crippen LogP contribution in [0.4, 0.5) is 0 Å². The zero-order valence-corrected chi connectivity index (χ0v) is 9.21. The van der Waals surface area contributed by atoms with Crippen molar-refractivity contribution in [2.75, 3.05) is 19.6 Å². The van der Waals surface area contributed by atoms with Crippen LogP contribution < -0.4 is 5.73 Å². The molecule has 0 aromatic carbocycles. The minimum absolute atomic E-state index is 0.250. The van der Waals surface area contributed by atoms with Gasteiger partial charge in [-0.3, -0.25) is 4.90 Å². The molecule has 1 fully saturated rings. The number of hydrogen-bond donors (Lipinski definition) is 1. The van der Waals surface area contributed by atoms with Gasteiger partial charge in [-0.15, -0.1) is 0 Å². The summed E-state index contributed by atoms with van der Waals surface area (Å²) in [4.78, 5) is 6.41. The van der Waals surface area contributed by atoms with E-state index in [0.717, 1.165) is 19.6 Å². The van der Waals surface area contributed by atoms with Crippen molar-refractivity contribution in [3.05, 3.63) is 12.7 Å². The Hall–Kier alpha value is -0.940. The minimum atomic E-state index is 0.250. The lowest BCUT2D eigenvalue weighted by Gasteiger charge is -2.33. The standard InChI is InChI=1S/C10H19N5/c1-9(11)5-14-4-2-3-10(6-14)15-8-12-7-13-15/h7-10H,2-6,11H2,1H3. The Kier molecular flexibility index (Phi) is 3.33. The summed E-state index contributed by atoms with van der Waals surface area (Å²) >= 11 is 0. The zero-order valence-electron chi connectivity index (χ0n) is 9.21. The Labute approximate surface area is 90.3 Å². The van der Waals surface area contributed by atoms with E-state index >= 15 is 0 Å². The number of piperidine rings is 1. The summed E-state index contributed by atoms with van der Waals surface area (Å²) in [5.41, 5.74) is 5.81. The van der Waals surface area contributed by atoms with Gasteiger partial charge in [0.2, 0.25) is 0 Å². The number of nitrogens with zero attached hydrogens (tertiary/aromatic N) is 4. The van der Waals surface area contributed by atoms with Crippen molar-refractivity contribution in [3.8, 4) is 0 Å². The minimum Gasteiger partial charge on any atom is -0.327 e. The van der Waals surface area contributed by atoms with Crippen molar-refractivity contribution in [2.45, 2.75) is 31.8 Å². The van der Waals surface area contributed by atoms with Gasteiger partial charge < -0.3 is 5.73 Å². The largest absolute Gasteiger partial charge is 0.327 e. The second kappa shape index (κ2) is 4.72. The van der Waals surface area contributed by atoms with Crippen molar-refractivity contribution in [1.29, 1.82) is 0 Å². The molecule has 15 heavy (non-hydrogen) atoms. The third-order valence-corrected chi connectivity index (χ3v) is 2.84. The van der Waals surface area contributed by atoms with Crippen molar-refractivity contribution < 1.29 is 0 Å². The van der Waals surface area contributed by atoms with Crippen LogP contribution in [0.15, 0.2) is 12.7 Å². The molecule has 1 aliphatic rings. The van der Waals surface area contributed by atoms with Crippen LogP contribution in [-0.2, 0) is 0 Å². The quantitative estimate of drug-likeness (QED) is 0.776. The molecule has 5 nitrogen and oxygen atoms in total. The van der Waals surface area contributed by atoms with Gasteiger partial charge in [-0.25, -0.2) is 9.67 Å².